The summed E-state index contributed by atoms with van der Waals surface area (Å²) in [5.74, 6) is 1.77. The Morgan fingerprint density at radius 2 is 2.07 bits per heavy atom. The van der Waals surface area contributed by atoms with Crippen molar-refractivity contribution in [3.8, 4) is 5.69 Å². The summed E-state index contributed by atoms with van der Waals surface area (Å²) in [6.45, 7) is 7.13. The van der Waals surface area contributed by atoms with Gasteiger partial charge in [0.2, 0.25) is 0 Å². The van der Waals surface area contributed by atoms with E-state index in [1.54, 1.807) is 12.5 Å². The molecule has 0 saturated heterocycles. The highest BCUT2D eigenvalue weighted by Crippen LogP contribution is 2.16. The van der Waals surface area contributed by atoms with Crippen LogP contribution >= 0.6 is 0 Å². The lowest BCUT2D eigenvalue weighted by Crippen LogP contribution is -2.43. The Bertz CT molecular complexity index is 855. The van der Waals surface area contributed by atoms with Crippen LogP contribution in [-0.2, 0) is 6.42 Å². The van der Waals surface area contributed by atoms with E-state index in [-0.39, 0.29) is 6.04 Å². The van der Waals surface area contributed by atoms with Gasteiger partial charge < -0.3 is 15.1 Å². The summed E-state index contributed by atoms with van der Waals surface area (Å²) in [6, 6.07) is 14.6. The van der Waals surface area contributed by atoms with Crippen LogP contribution in [0.15, 0.2) is 70.5 Å². The summed E-state index contributed by atoms with van der Waals surface area (Å²) < 4.78 is 7.27. The van der Waals surface area contributed by atoms with E-state index < -0.39 is 0 Å². The maximum atomic E-state index is 5.40. The van der Waals surface area contributed by atoms with Gasteiger partial charge in [0.1, 0.15) is 5.76 Å². The number of hydrogen-bond acceptors (Lipinski definition) is 3. The number of aliphatic imine (C=N–C) groups is 1. The molecule has 0 radical (unpaired) electrons. The maximum Gasteiger partial charge on any atom is 0.191 e. The molecule has 0 spiro atoms. The molecule has 0 aliphatic rings. The first-order valence-corrected chi connectivity index (χ1v) is 9.85. The minimum absolute atomic E-state index is 0.106. The predicted molar refractivity (Wildman–Crippen MR) is 113 cm³/mol. The predicted octanol–water partition coefficient (Wildman–Crippen LogP) is 4.10. The molecular weight excluding hydrogens is 350 g/mol. The Morgan fingerprint density at radius 1 is 1.18 bits per heavy atom. The molecule has 3 rings (SSSR count). The van der Waals surface area contributed by atoms with Crippen molar-refractivity contribution >= 4 is 5.96 Å². The second-order valence-corrected chi connectivity index (χ2v) is 6.92. The van der Waals surface area contributed by atoms with Crippen LogP contribution in [-0.4, -0.2) is 28.3 Å². The van der Waals surface area contributed by atoms with Crippen molar-refractivity contribution in [2.45, 2.75) is 45.7 Å². The summed E-state index contributed by atoms with van der Waals surface area (Å²) in [5, 5.41) is 11.3. The average Bonchev–Trinajstić information content (AvgIpc) is 3.42. The summed E-state index contributed by atoms with van der Waals surface area (Å²) in [4.78, 5) is 4.74. The number of rotatable bonds is 8. The van der Waals surface area contributed by atoms with Gasteiger partial charge in [-0.3, -0.25) is 4.99 Å². The van der Waals surface area contributed by atoms with Crippen LogP contribution in [0.3, 0.4) is 0 Å². The molecule has 2 heterocycles. The first kappa shape index (κ1) is 19.7. The van der Waals surface area contributed by atoms with Gasteiger partial charge in [0.15, 0.2) is 5.96 Å². The normalized spacial score (nSPS) is 13.9. The van der Waals surface area contributed by atoms with Crippen molar-refractivity contribution in [1.82, 2.24) is 20.4 Å². The first-order valence-electron chi connectivity index (χ1n) is 9.85. The van der Waals surface area contributed by atoms with Crippen molar-refractivity contribution in [2.75, 3.05) is 6.54 Å². The zero-order valence-electron chi connectivity index (χ0n) is 16.8. The van der Waals surface area contributed by atoms with E-state index in [1.165, 1.54) is 5.56 Å². The van der Waals surface area contributed by atoms with E-state index in [0.717, 1.165) is 30.2 Å². The minimum atomic E-state index is 0.106. The number of hydrogen-bond donors (Lipinski definition) is 2. The molecule has 1 aromatic carbocycles. The second kappa shape index (κ2) is 9.78. The number of aromatic nitrogens is 2. The standard InChI is InChI=1S/C22H29N5O/c1-4-17(2)25-22(23-13-11-21-10-6-15-28-21)26-18(3)19-8-5-9-20(16-19)27-14-7-12-24-27/h5-10,12,14-18H,4,11,13H2,1-3H3,(H2,23,25,26). The fourth-order valence-electron chi connectivity index (χ4n) is 2.85. The van der Waals surface area contributed by atoms with Gasteiger partial charge in [-0.1, -0.05) is 19.1 Å². The van der Waals surface area contributed by atoms with Crippen LogP contribution in [0.2, 0.25) is 0 Å². The van der Waals surface area contributed by atoms with Crippen molar-refractivity contribution in [3.05, 3.63) is 72.4 Å². The summed E-state index contributed by atoms with van der Waals surface area (Å²) >= 11 is 0. The Hall–Kier alpha value is -3.02. The SMILES string of the molecule is CCC(C)NC(=NCCc1ccco1)NC(C)c1cccc(-n2cccn2)c1. The lowest BCUT2D eigenvalue weighted by atomic mass is 10.1. The number of furan rings is 1. The maximum absolute atomic E-state index is 5.40. The fourth-order valence-corrected chi connectivity index (χ4v) is 2.85. The lowest BCUT2D eigenvalue weighted by molar-refractivity contribution is 0.510. The van der Waals surface area contributed by atoms with Crippen molar-refractivity contribution in [3.63, 3.8) is 0 Å². The molecule has 0 fully saturated rings. The van der Waals surface area contributed by atoms with Gasteiger partial charge in [0.05, 0.1) is 18.0 Å². The third kappa shape index (κ3) is 5.49. The van der Waals surface area contributed by atoms with Gasteiger partial charge in [0, 0.05) is 31.4 Å². The first-order chi connectivity index (χ1) is 13.7. The monoisotopic (exact) mass is 379 g/mol. The largest absolute Gasteiger partial charge is 0.469 e. The van der Waals surface area contributed by atoms with Crippen LogP contribution in [0.25, 0.3) is 5.69 Å². The molecule has 148 valence electrons. The van der Waals surface area contributed by atoms with Gasteiger partial charge in [0.25, 0.3) is 0 Å². The Balaban J connectivity index is 1.69. The third-order valence-electron chi connectivity index (χ3n) is 4.70. The number of guanidine groups is 1. The highest BCUT2D eigenvalue weighted by Gasteiger charge is 2.11. The van der Waals surface area contributed by atoms with E-state index in [4.69, 9.17) is 9.41 Å². The van der Waals surface area contributed by atoms with Crippen molar-refractivity contribution in [2.24, 2.45) is 4.99 Å². The van der Waals surface area contributed by atoms with Gasteiger partial charge in [-0.2, -0.15) is 5.10 Å². The molecule has 3 aromatic rings. The highest BCUT2D eigenvalue weighted by molar-refractivity contribution is 5.80. The van der Waals surface area contributed by atoms with E-state index in [9.17, 15) is 0 Å². The van der Waals surface area contributed by atoms with Gasteiger partial charge in [-0.05, 0) is 56.2 Å². The Labute approximate surface area is 166 Å². The van der Waals surface area contributed by atoms with Gasteiger partial charge in [-0.25, -0.2) is 4.68 Å². The summed E-state index contributed by atoms with van der Waals surface area (Å²) in [7, 11) is 0. The molecule has 0 amide bonds. The molecule has 6 heteroatoms. The molecule has 0 aliphatic heterocycles. The van der Waals surface area contributed by atoms with Crippen LogP contribution < -0.4 is 10.6 Å². The summed E-state index contributed by atoms with van der Waals surface area (Å²) in [5.41, 5.74) is 2.22. The zero-order valence-corrected chi connectivity index (χ0v) is 16.8. The average molecular weight is 380 g/mol. The van der Waals surface area contributed by atoms with Crippen LogP contribution in [0.5, 0.6) is 0 Å². The van der Waals surface area contributed by atoms with Crippen molar-refractivity contribution < 1.29 is 4.42 Å². The van der Waals surface area contributed by atoms with Gasteiger partial charge >= 0.3 is 0 Å². The number of nitrogens with one attached hydrogen (secondary N) is 2. The van der Waals surface area contributed by atoms with Crippen LogP contribution in [0, 0.1) is 0 Å². The minimum Gasteiger partial charge on any atom is -0.469 e. The smallest absolute Gasteiger partial charge is 0.191 e. The molecule has 28 heavy (non-hydrogen) atoms. The molecule has 0 saturated carbocycles. The molecule has 6 nitrogen and oxygen atoms in total. The van der Waals surface area contributed by atoms with Gasteiger partial charge in [-0.15, -0.1) is 0 Å². The van der Waals surface area contributed by atoms with Crippen LogP contribution in [0.4, 0.5) is 0 Å². The van der Waals surface area contributed by atoms with E-state index in [0.29, 0.717) is 12.6 Å². The molecule has 2 aromatic heterocycles. The molecular formula is C22H29N5O. The Kier molecular flexibility index (Phi) is 6.89. The molecule has 2 unspecified atom stereocenters. The quantitative estimate of drug-likeness (QED) is 0.457. The van der Waals surface area contributed by atoms with E-state index in [2.05, 4.69) is 60.8 Å². The molecule has 2 N–H and O–H groups in total. The summed E-state index contributed by atoms with van der Waals surface area (Å²) in [6.07, 6.45) is 7.24. The zero-order chi connectivity index (χ0) is 19.8. The molecule has 0 bridgehead atoms. The topological polar surface area (TPSA) is 67.4 Å². The van der Waals surface area contributed by atoms with Crippen molar-refractivity contribution in [1.29, 1.82) is 0 Å². The Morgan fingerprint density at radius 3 is 2.79 bits per heavy atom. The molecule has 2 atom stereocenters. The van der Waals surface area contributed by atoms with E-state index in [1.807, 2.05) is 29.1 Å². The highest BCUT2D eigenvalue weighted by atomic mass is 16.3. The number of benzene rings is 1. The van der Waals surface area contributed by atoms with E-state index >= 15 is 0 Å². The number of nitrogens with zero attached hydrogens (tertiary/aromatic N) is 3. The lowest BCUT2D eigenvalue weighted by Gasteiger charge is -2.22. The third-order valence-corrected chi connectivity index (χ3v) is 4.70. The molecule has 0 aliphatic carbocycles. The van der Waals surface area contributed by atoms with Crippen LogP contribution in [0.1, 0.15) is 44.6 Å². The second-order valence-electron chi connectivity index (χ2n) is 6.92. The fraction of sp³-hybridized carbons (Fsp3) is 0.364.